The van der Waals surface area contributed by atoms with Crippen molar-refractivity contribution in [2.75, 3.05) is 6.54 Å². The van der Waals surface area contributed by atoms with Crippen molar-refractivity contribution in [2.24, 2.45) is 0 Å². The molecule has 7 heteroatoms. The van der Waals surface area contributed by atoms with E-state index in [0.29, 0.717) is 11.6 Å². The van der Waals surface area contributed by atoms with Crippen molar-refractivity contribution in [2.45, 2.75) is 6.42 Å². The van der Waals surface area contributed by atoms with Crippen LogP contribution in [0.25, 0.3) is 0 Å². The van der Waals surface area contributed by atoms with Crippen LogP contribution in [0.4, 0.5) is 0 Å². The summed E-state index contributed by atoms with van der Waals surface area (Å²) in [6, 6.07) is 4.03. The molecule has 0 bridgehead atoms. The molecule has 2 aromatic rings. The number of hydrogen-bond acceptors (Lipinski definition) is 5. The van der Waals surface area contributed by atoms with Crippen molar-refractivity contribution in [3.63, 3.8) is 0 Å². The van der Waals surface area contributed by atoms with Gasteiger partial charge < -0.3 is 5.32 Å². The molecule has 1 amide bonds. The molecule has 0 saturated heterocycles. The van der Waals surface area contributed by atoms with Gasteiger partial charge in [-0.15, -0.1) is 21.5 Å². The Bertz CT molecular complexity index is 469. The lowest BCUT2D eigenvalue weighted by Crippen LogP contribution is -2.25. The SMILES string of the molecule is O=C(NCCc1cccs1)c1nnc(Cl)s1. The van der Waals surface area contributed by atoms with Crippen LogP contribution in [0.15, 0.2) is 17.5 Å². The molecule has 0 aliphatic heterocycles. The molecule has 1 N–H and O–H groups in total. The van der Waals surface area contributed by atoms with Crippen LogP contribution in [0.5, 0.6) is 0 Å². The third-order valence-electron chi connectivity index (χ3n) is 1.83. The Kier molecular flexibility index (Phi) is 3.87. The normalized spacial score (nSPS) is 10.3. The highest BCUT2D eigenvalue weighted by Gasteiger charge is 2.10. The minimum Gasteiger partial charge on any atom is -0.350 e. The van der Waals surface area contributed by atoms with Gasteiger partial charge in [0.15, 0.2) is 0 Å². The molecule has 0 atom stereocenters. The molecule has 0 aliphatic carbocycles. The first kappa shape index (κ1) is 11.5. The molecule has 2 aromatic heterocycles. The number of aromatic nitrogens is 2. The van der Waals surface area contributed by atoms with E-state index in [4.69, 9.17) is 11.6 Å². The molecule has 2 rings (SSSR count). The number of rotatable bonds is 4. The Morgan fingerprint density at radius 3 is 3.00 bits per heavy atom. The van der Waals surface area contributed by atoms with Gasteiger partial charge in [0.25, 0.3) is 5.91 Å². The number of hydrogen-bond donors (Lipinski definition) is 1. The van der Waals surface area contributed by atoms with E-state index >= 15 is 0 Å². The molecule has 0 aliphatic rings. The van der Waals surface area contributed by atoms with E-state index in [9.17, 15) is 4.79 Å². The first-order valence-electron chi connectivity index (χ1n) is 4.55. The van der Waals surface area contributed by atoms with Crippen molar-refractivity contribution < 1.29 is 4.79 Å². The van der Waals surface area contributed by atoms with E-state index in [1.807, 2.05) is 17.5 Å². The van der Waals surface area contributed by atoms with Gasteiger partial charge in [0, 0.05) is 11.4 Å². The van der Waals surface area contributed by atoms with Gasteiger partial charge in [0.2, 0.25) is 9.47 Å². The monoisotopic (exact) mass is 273 g/mol. The second kappa shape index (κ2) is 5.38. The molecular formula is C9H8ClN3OS2. The van der Waals surface area contributed by atoms with Crippen LogP contribution in [-0.4, -0.2) is 22.6 Å². The average molecular weight is 274 g/mol. The van der Waals surface area contributed by atoms with Crippen molar-refractivity contribution in [3.05, 3.63) is 31.9 Å². The Hall–Kier alpha value is -0.980. The van der Waals surface area contributed by atoms with Crippen LogP contribution in [0.3, 0.4) is 0 Å². The van der Waals surface area contributed by atoms with E-state index in [1.54, 1.807) is 11.3 Å². The van der Waals surface area contributed by atoms with Gasteiger partial charge in [0.05, 0.1) is 0 Å². The number of nitrogens with zero attached hydrogens (tertiary/aromatic N) is 2. The number of nitrogens with one attached hydrogen (secondary N) is 1. The minimum absolute atomic E-state index is 0.221. The first-order valence-corrected chi connectivity index (χ1v) is 6.62. The van der Waals surface area contributed by atoms with Crippen LogP contribution in [-0.2, 0) is 6.42 Å². The van der Waals surface area contributed by atoms with E-state index < -0.39 is 0 Å². The van der Waals surface area contributed by atoms with Crippen LogP contribution in [0.1, 0.15) is 14.7 Å². The zero-order valence-corrected chi connectivity index (χ0v) is 10.5. The highest BCUT2D eigenvalue weighted by molar-refractivity contribution is 7.17. The third kappa shape index (κ3) is 3.01. The number of amides is 1. The van der Waals surface area contributed by atoms with Crippen LogP contribution in [0.2, 0.25) is 4.47 Å². The van der Waals surface area contributed by atoms with Gasteiger partial charge >= 0.3 is 0 Å². The molecule has 0 radical (unpaired) electrons. The summed E-state index contributed by atoms with van der Waals surface area (Å²) in [7, 11) is 0. The highest BCUT2D eigenvalue weighted by atomic mass is 35.5. The topological polar surface area (TPSA) is 54.9 Å². The van der Waals surface area contributed by atoms with Crippen LogP contribution >= 0.6 is 34.3 Å². The second-order valence-electron chi connectivity index (χ2n) is 2.95. The van der Waals surface area contributed by atoms with Crippen LogP contribution < -0.4 is 5.32 Å². The first-order chi connectivity index (χ1) is 7.75. The summed E-state index contributed by atoms with van der Waals surface area (Å²) >= 11 is 8.34. The van der Waals surface area contributed by atoms with Gasteiger partial charge in [0.1, 0.15) is 0 Å². The summed E-state index contributed by atoms with van der Waals surface area (Å²) in [6.45, 7) is 0.594. The fourth-order valence-electron chi connectivity index (χ4n) is 1.13. The summed E-state index contributed by atoms with van der Waals surface area (Å²) in [4.78, 5) is 12.8. The fourth-order valence-corrected chi connectivity index (χ4v) is 2.58. The zero-order chi connectivity index (χ0) is 11.4. The van der Waals surface area contributed by atoms with E-state index in [2.05, 4.69) is 15.5 Å². The summed E-state index contributed by atoms with van der Waals surface area (Å²) in [5, 5.41) is 12.3. The van der Waals surface area contributed by atoms with Gasteiger partial charge in [-0.3, -0.25) is 4.79 Å². The fraction of sp³-hybridized carbons (Fsp3) is 0.222. The Morgan fingerprint density at radius 2 is 2.38 bits per heavy atom. The van der Waals surface area contributed by atoms with Gasteiger partial charge in [-0.1, -0.05) is 17.4 Å². The third-order valence-corrected chi connectivity index (χ3v) is 3.79. The van der Waals surface area contributed by atoms with Gasteiger partial charge in [-0.05, 0) is 29.5 Å². The zero-order valence-electron chi connectivity index (χ0n) is 8.14. The lowest BCUT2D eigenvalue weighted by Gasteiger charge is -2.00. The number of carbonyl (C=O) groups is 1. The smallest absolute Gasteiger partial charge is 0.282 e. The molecule has 0 unspecified atom stereocenters. The Balaban J connectivity index is 1.80. The molecule has 0 fully saturated rings. The Morgan fingerprint density at radius 1 is 1.50 bits per heavy atom. The van der Waals surface area contributed by atoms with Crippen LogP contribution in [0, 0.1) is 0 Å². The Labute approximate surface area is 105 Å². The number of thiophene rings is 1. The molecule has 2 heterocycles. The predicted molar refractivity (Wildman–Crippen MR) is 65.3 cm³/mol. The highest BCUT2D eigenvalue weighted by Crippen LogP contribution is 2.14. The lowest BCUT2D eigenvalue weighted by atomic mass is 10.3. The summed E-state index contributed by atoms with van der Waals surface area (Å²) < 4.78 is 0.281. The molecule has 0 spiro atoms. The van der Waals surface area contributed by atoms with E-state index in [0.717, 1.165) is 17.8 Å². The van der Waals surface area contributed by atoms with Gasteiger partial charge in [-0.2, -0.15) is 0 Å². The number of halogens is 1. The maximum absolute atomic E-state index is 11.5. The molecule has 0 aromatic carbocycles. The van der Waals surface area contributed by atoms with Crippen molar-refractivity contribution in [1.82, 2.24) is 15.5 Å². The summed E-state index contributed by atoms with van der Waals surface area (Å²) in [6.07, 6.45) is 0.829. The molecule has 16 heavy (non-hydrogen) atoms. The van der Waals surface area contributed by atoms with Crippen molar-refractivity contribution >= 4 is 40.2 Å². The lowest BCUT2D eigenvalue weighted by molar-refractivity contribution is 0.0953. The maximum atomic E-state index is 11.5. The average Bonchev–Trinajstić information content (AvgIpc) is 2.89. The number of carbonyl (C=O) groups excluding carboxylic acids is 1. The summed E-state index contributed by atoms with van der Waals surface area (Å²) in [5.41, 5.74) is 0. The van der Waals surface area contributed by atoms with E-state index in [-0.39, 0.29) is 10.4 Å². The molecule has 84 valence electrons. The maximum Gasteiger partial charge on any atom is 0.282 e. The quantitative estimate of drug-likeness (QED) is 0.929. The summed E-state index contributed by atoms with van der Waals surface area (Å²) in [5.74, 6) is -0.221. The standard InChI is InChI=1S/C9H8ClN3OS2/c10-9-13-12-8(16-9)7(14)11-4-3-6-2-1-5-15-6/h1-2,5H,3-4H2,(H,11,14). The molecular weight excluding hydrogens is 266 g/mol. The minimum atomic E-state index is -0.221. The van der Waals surface area contributed by atoms with Crippen molar-refractivity contribution in [3.8, 4) is 0 Å². The predicted octanol–water partition coefficient (Wildman–Crippen LogP) is 2.23. The molecule has 0 saturated carbocycles. The largest absolute Gasteiger partial charge is 0.350 e. The van der Waals surface area contributed by atoms with Crippen molar-refractivity contribution in [1.29, 1.82) is 0 Å². The molecule has 4 nitrogen and oxygen atoms in total. The van der Waals surface area contributed by atoms with E-state index in [1.165, 1.54) is 4.88 Å². The van der Waals surface area contributed by atoms with Gasteiger partial charge in [-0.25, -0.2) is 0 Å². The second-order valence-corrected chi connectivity index (χ2v) is 5.54.